The van der Waals surface area contributed by atoms with Crippen molar-refractivity contribution in [2.24, 2.45) is 0 Å². The van der Waals surface area contributed by atoms with Crippen molar-refractivity contribution >= 4 is 16.0 Å². The molecule has 106 valence electrons. The molecule has 19 heavy (non-hydrogen) atoms. The Balaban J connectivity index is 2.91. The molecule has 0 saturated heterocycles. The SMILES string of the molecule is CCC(C)OC(=O)c1ccc(S(=O)(=O)N(C)C)cc1. The van der Waals surface area contributed by atoms with Gasteiger partial charge in [0.25, 0.3) is 0 Å². The molecule has 1 aromatic carbocycles. The maximum absolute atomic E-state index is 11.8. The normalized spacial score (nSPS) is 13.3. The summed E-state index contributed by atoms with van der Waals surface area (Å²) >= 11 is 0. The third-order valence-electron chi connectivity index (χ3n) is 2.75. The van der Waals surface area contributed by atoms with Crippen molar-refractivity contribution in [2.75, 3.05) is 14.1 Å². The van der Waals surface area contributed by atoms with Crippen LogP contribution < -0.4 is 0 Å². The molecule has 0 heterocycles. The number of hydrogen-bond acceptors (Lipinski definition) is 4. The molecule has 0 fully saturated rings. The van der Waals surface area contributed by atoms with Crippen LogP contribution in [0.15, 0.2) is 29.2 Å². The summed E-state index contributed by atoms with van der Waals surface area (Å²) in [5.74, 6) is -0.442. The van der Waals surface area contributed by atoms with Crippen LogP contribution in [0.2, 0.25) is 0 Å². The molecule has 0 aliphatic rings. The molecule has 1 aromatic rings. The van der Waals surface area contributed by atoms with Crippen LogP contribution in [0, 0.1) is 0 Å². The third kappa shape index (κ3) is 3.78. The average molecular weight is 285 g/mol. The summed E-state index contributed by atoms with van der Waals surface area (Å²) in [6, 6.07) is 5.73. The van der Waals surface area contributed by atoms with Crippen LogP contribution in [0.25, 0.3) is 0 Å². The Morgan fingerprint density at radius 3 is 2.21 bits per heavy atom. The van der Waals surface area contributed by atoms with E-state index in [9.17, 15) is 13.2 Å². The molecule has 0 bridgehead atoms. The molecule has 1 unspecified atom stereocenters. The summed E-state index contributed by atoms with van der Waals surface area (Å²) in [5.41, 5.74) is 0.345. The quantitative estimate of drug-likeness (QED) is 0.775. The molecule has 1 atom stereocenters. The number of rotatable bonds is 5. The highest BCUT2D eigenvalue weighted by Crippen LogP contribution is 2.15. The van der Waals surface area contributed by atoms with E-state index in [1.807, 2.05) is 13.8 Å². The molecule has 0 aliphatic carbocycles. The molecule has 0 radical (unpaired) electrons. The first kappa shape index (κ1) is 15.7. The second kappa shape index (κ2) is 6.16. The number of carbonyl (C=O) groups excluding carboxylic acids is 1. The van der Waals surface area contributed by atoms with Gasteiger partial charge in [-0.3, -0.25) is 0 Å². The zero-order valence-electron chi connectivity index (χ0n) is 11.6. The minimum absolute atomic E-state index is 0.151. The Morgan fingerprint density at radius 1 is 1.26 bits per heavy atom. The van der Waals surface area contributed by atoms with Gasteiger partial charge in [0.1, 0.15) is 0 Å². The standard InChI is InChI=1S/C13H19NO4S/c1-5-10(2)18-13(15)11-6-8-12(9-7-11)19(16,17)14(3)4/h6-10H,5H2,1-4H3. The molecule has 1 rings (SSSR count). The van der Waals surface area contributed by atoms with Crippen molar-refractivity contribution < 1.29 is 17.9 Å². The summed E-state index contributed by atoms with van der Waals surface area (Å²) in [6.07, 6.45) is 0.580. The third-order valence-corrected chi connectivity index (χ3v) is 4.58. The van der Waals surface area contributed by atoms with E-state index in [0.717, 1.165) is 10.7 Å². The summed E-state index contributed by atoms with van der Waals surface area (Å²) in [6.45, 7) is 3.73. The van der Waals surface area contributed by atoms with Gasteiger partial charge in [-0.25, -0.2) is 17.5 Å². The van der Waals surface area contributed by atoms with Gasteiger partial charge in [-0.1, -0.05) is 6.92 Å². The molecule has 6 heteroatoms. The van der Waals surface area contributed by atoms with Gasteiger partial charge in [0, 0.05) is 14.1 Å². The average Bonchev–Trinajstić information content (AvgIpc) is 2.38. The molecule has 0 saturated carbocycles. The number of carbonyl (C=O) groups is 1. The molecule has 0 spiro atoms. The van der Waals surface area contributed by atoms with E-state index in [-0.39, 0.29) is 11.0 Å². The fourth-order valence-corrected chi connectivity index (χ4v) is 2.21. The van der Waals surface area contributed by atoms with Gasteiger partial charge >= 0.3 is 5.97 Å². The van der Waals surface area contributed by atoms with Crippen LogP contribution in [0.1, 0.15) is 30.6 Å². The molecule has 0 aliphatic heterocycles. The Hall–Kier alpha value is -1.40. The minimum Gasteiger partial charge on any atom is -0.459 e. The van der Waals surface area contributed by atoms with Crippen molar-refractivity contribution in [3.05, 3.63) is 29.8 Å². The van der Waals surface area contributed by atoms with Crippen molar-refractivity contribution in [1.82, 2.24) is 4.31 Å². The summed E-state index contributed by atoms with van der Waals surface area (Å²) in [4.78, 5) is 11.9. The fourth-order valence-electron chi connectivity index (χ4n) is 1.31. The number of esters is 1. The van der Waals surface area contributed by atoms with Gasteiger partial charge in [0.05, 0.1) is 16.6 Å². The molecular formula is C13H19NO4S. The lowest BCUT2D eigenvalue weighted by molar-refractivity contribution is 0.0334. The van der Waals surface area contributed by atoms with Crippen molar-refractivity contribution in [2.45, 2.75) is 31.3 Å². The Kier molecular flexibility index (Phi) is 5.08. The molecule has 5 nitrogen and oxygen atoms in total. The molecular weight excluding hydrogens is 266 g/mol. The van der Waals surface area contributed by atoms with E-state index in [1.54, 1.807) is 0 Å². The van der Waals surface area contributed by atoms with E-state index in [0.29, 0.717) is 5.56 Å². The van der Waals surface area contributed by atoms with Crippen molar-refractivity contribution in [3.63, 3.8) is 0 Å². The second-order valence-electron chi connectivity index (χ2n) is 4.44. The number of ether oxygens (including phenoxy) is 1. The van der Waals surface area contributed by atoms with E-state index in [4.69, 9.17) is 4.74 Å². The van der Waals surface area contributed by atoms with Gasteiger partial charge in [0.2, 0.25) is 10.0 Å². The maximum Gasteiger partial charge on any atom is 0.338 e. The maximum atomic E-state index is 11.8. The first-order valence-electron chi connectivity index (χ1n) is 6.02. The van der Waals surface area contributed by atoms with E-state index >= 15 is 0 Å². The summed E-state index contributed by atoms with van der Waals surface area (Å²) < 4.78 is 30.0. The Labute approximate surface area is 114 Å². The fraction of sp³-hybridized carbons (Fsp3) is 0.462. The summed E-state index contributed by atoms with van der Waals surface area (Å²) in [5, 5.41) is 0. The van der Waals surface area contributed by atoms with Crippen LogP contribution in [-0.4, -0.2) is 38.9 Å². The van der Waals surface area contributed by atoms with Crippen LogP contribution in [0.4, 0.5) is 0 Å². The van der Waals surface area contributed by atoms with Crippen LogP contribution >= 0.6 is 0 Å². The zero-order valence-corrected chi connectivity index (χ0v) is 12.4. The van der Waals surface area contributed by atoms with Crippen molar-refractivity contribution in [3.8, 4) is 0 Å². The highest BCUT2D eigenvalue weighted by molar-refractivity contribution is 7.89. The Bertz CT molecular complexity index is 534. The van der Waals surface area contributed by atoms with E-state index < -0.39 is 16.0 Å². The lowest BCUT2D eigenvalue weighted by Gasteiger charge is -2.13. The molecule has 0 N–H and O–H groups in total. The molecule has 0 amide bonds. The predicted octanol–water partition coefficient (Wildman–Crippen LogP) is 1.89. The topological polar surface area (TPSA) is 63.7 Å². The zero-order chi connectivity index (χ0) is 14.6. The predicted molar refractivity (Wildman–Crippen MR) is 72.5 cm³/mol. The largest absolute Gasteiger partial charge is 0.459 e. The number of hydrogen-bond donors (Lipinski definition) is 0. The number of benzene rings is 1. The second-order valence-corrected chi connectivity index (χ2v) is 6.59. The first-order valence-corrected chi connectivity index (χ1v) is 7.46. The minimum atomic E-state index is -3.47. The number of nitrogens with zero attached hydrogens (tertiary/aromatic N) is 1. The summed E-state index contributed by atoms with van der Waals surface area (Å²) in [7, 11) is -0.548. The van der Waals surface area contributed by atoms with Gasteiger partial charge in [0.15, 0.2) is 0 Å². The van der Waals surface area contributed by atoms with Crippen LogP contribution in [0.5, 0.6) is 0 Å². The van der Waals surface area contributed by atoms with Gasteiger partial charge in [-0.05, 0) is 37.6 Å². The van der Waals surface area contributed by atoms with Gasteiger partial charge < -0.3 is 4.74 Å². The lowest BCUT2D eigenvalue weighted by atomic mass is 10.2. The number of sulfonamides is 1. The van der Waals surface area contributed by atoms with Crippen molar-refractivity contribution in [1.29, 1.82) is 0 Å². The lowest BCUT2D eigenvalue weighted by Crippen LogP contribution is -2.22. The van der Waals surface area contributed by atoms with E-state index in [1.165, 1.54) is 38.4 Å². The van der Waals surface area contributed by atoms with Crippen LogP contribution in [0.3, 0.4) is 0 Å². The first-order chi connectivity index (χ1) is 8.78. The monoisotopic (exact) mass is 285 g/mol. The van der Waals surface area contributed by atoms with Gasteiger partial charge in [-0.2, -0.15) is 0 Å². The molecule has 0 aromatic heterocycles. The highest BCUT2D eigenvalue weighted by Gasteiger charge is 2.18. The van der Waals surface area contributed by atoms with Crippen LogP contribution in [-0.2, 0) is 14.8 Å². The van der Waals surface area contributed by atoms with Gasteiger partial charge in [-0.15, -0.1) is 0 Å². The van der Waals surface area contributed by atoms with E-state index in [2.05, 4.69) is 0 Å². The Morgan fingerprint density at radius 2 is 1.79 bits per heavy atom. The smallest absolute Gasteiger partial charge is 0.338 e. The highest BCUT2D eigenvalue weighted by atomic mass is 32.2.